The summed E-state index contributed by atoms with van der Waals surface area (Å²) in [6.07, 6.45) is 1.24. The number of hydrogen-bond acceptors (Lipinski definition) is 5. The molecule has 0 bridgehead atoms. The van der Waals surface area contributed by atoms with Gasteiger partial charge in [-0.05, 0) is 6.92 Å². The van der Waals surface area contributed by atoms with Gasteiger partial charge in [-0.2, -0.15) is 0 Å². The molecule has 3 aromatic carbocycles. The number of nitrogens with zero attached hydrogens (tertiary/aromatic N) is 1. The number of benzene rings is 3. The number of carboxylic acids is 1. The first-order valence-electron chi connectivity index (χ1n) is 11.8. The molecule has 38 heavy (non-hydrogen) atoms. The molecular weight excluding hydrogens is 585 g/mol. The van der Waals surface area contributed by atoms with Gasteiger partial charge in [0.05, 0.1) is 0 Å². The van der Waals surface area contributed by atoms with Crippen molar-refractivity contribution in [2.24, 2.45) is 0 Å². The molecule has 6 nitrogen and oxygen atoms in total. The van der Waals surface area contributed by atoms with E-state index >= 15 is 0 Å². The number of carbonyl (C=O) groups excluding carboxylic acids is 1. The molecule has 195 valence electrons. The molecule has 0 amide bonds. The molecule has 0 fully saturated rings. The Morgan fingerprint density at radius 3 is 2.26 bits per heavy atom. The summed E-state index contributed by atoms with van der Waals surface area (Å²) in [6, 6.07) is 17.8. The Hall–Kier alpha value is -2.99. The van der Waals surface area contributed by atoms with Crippen LogP contribution in [0.5, 0.6) is 0 Å². The van der Waals surface area contributed by atoms with Gasteiger partial charge in [-0.25, -0.2) is 0 Å². The molecule has 1 aromatic heterocycles. The van der Waals surface area contributed by atoms with E-state index in [2.05, 4.69) is 32.9 Å². The molecule has 1 radical (unpaired) electrons. The average Bonchev–Trinajstić information content (AvgIpc) is 2.82. The van der Waals surface area contributed by atoms with E-state index in [0.717, 1.165) is 45.1 Å². The topological polar surface area (TPSA) is 101 Å². The first kappa shape index (κ1) is 28.0. The zero-order chi connectivity index (χ0) is 27.8. The Bertz CT molecular complexity index is 1680. The molecule has 1 N–H and O–H groups in total. The van der Waals surface area contributed by atoms with E-state index in [1.54, 1.807) is 0 Å². The molecule has 1 heterocycles. The van der Waals surface area contributed by atoms with Gasteiger partial charge in [-0.3, -0.25) is 0 Å². The van der Waals surface area contributed by atoms with Crippen molar-refractivity contribution in [2.45, 2.75) is 36.8 Å². The van der Waals surface area contributed by atoms with E-state index in [4.69, 9.17) is 16.6 Å². The van der Waals surface area contributed by atoms with Gasteiger partial charge in [0.2, 0.25) is 0 Å². The third kappa shape index (κ3) is 6.17. The zero-order valence-corrected chi connectivity index (χ0v) is 24.8. The summed E-state index contributed by atoms with van der Waals surface area (Å²) < 4.78 is 22.2. The molecule has 0 aliphatic heterocycles. The second-order valence-corrected chi connectivity index (χ2v) is 14.5. The number of carbonyl (C=O) groups is 2. The van der Waals surface area contributed by atoms with Crippen molar-refractivity contribution in [3.63, 3.8) is 0 Å². The van der Waals surface area contributed by atoms with Gasteiger partial charge in [-0.1, -0.05) is 0 Å². The van der Waals surface area contributed by atoms with E-state index in [1.165, 1.54) is 23.8 Å². The monoisotopic (exact) mass is 610 g/mol. The van der Waals surface area contributed by atoms with Gasteiger partial charge < -0.3 is 0 Å². The van der Waals surface area contributed by atoms with Crippen LogP contribution in [0.4, 0.5) is 0 Å². The Balaban J connectivity index is 1.56. The fourth-order valence-electron chi connectivity index (χ4n) is 4.55. The van der Waals surface area contributed by atoms with E-state index in [0.29, 0.717) is 0 Å². The van der Waals surface area contributed by atoms with Crippen LogP contribution in [0, 0.1) is 20.8 Å². The predicted octanol–water partition coefficient (Wildman–Crippen LogP) is 5.84. The summed E-state index contributed by atoms with van der Waals surface area (Å²) in [6.45, 7) is 6.23. The molecule has 1 unspecified atom stereocenters. The Kier molecular flexibility index (Phi) is 8.12. The maximum absolute atomic E-state index is 12.9. The molecular formula is C29H26AsClNO5S. The van der Waals surface area contributed by atoms with Gasteiger partial charge in [0.1, 0.15) is 0 Å². The summed E-state index contributed by atoms with van der Waals surface area (Å²) >= 11 is 4.88. The van der Waals surface area contributed by atoms with Crippen LogP contribution >= 0.6 is 11.6 Å². The van der Waals surface area contributed by atoms with E-state index in [1.807, 2.05) is 30.3 Å². The third-order valence-electron chi connectivity index (χ3n) is 6.27. The third-order valence-corrected chi connectivity index (χ3v) is 10.2. The van der Waals surface area contributed by atoms with Crippen molar-refractivity contribution in [3.05, 3.63) is 93.5 Å². The Morgan fingerprint density at radius 2 is 1.66 bits per heavy atom. The average molecular weight is 611 g/mol. The molecule has 1 atom stereocenters. The number of aryl methyl sites for hydroxylation is 3. The molecule has 0 saturated heterocycles. The molecule has 0 aliphatic rings. The fraction of sp³-hybridized carbons (Fsp3) is 0.207. The number of carboxylic acid groups (broad SMARTS) is 1. The van der Waals surface area contributed by atoms with E-state index < -0.39 is 36.3 Å². The number of pyridine rings is 1. The number of halogens is 1. The van der Waals surface area contributed by atoms with Crippen molar-refractivity contribution in [3.8, 4) is 11.3 Å². The normalized spacial score (nSPS) is 12.8. The molecule has 0 saturated carbocycles. The van der Waals surface area contributed by atoms with Crippen molar-refractivity contribution >= 4 is 58.6 Å². The quantitative estimate of drug-likeness (QED) is 0.252. The van der Waals surface area contributed by atoms with Gasteiger partial charge in [0, 0.05) is 0 Å². The summed E-state index contributed by atoms with van der Waals surface area (Å²) in [5.74, 6) is -1.05. The van der Waals surface area contributed by atoms with Gasteiger partial charge >= 0.3 is 228 Å². The molecule has 4 aromatic rings. The van der Waals surface area contributed by atoms with Crippen molar-refractivity contribution < 1.29 is 23.1 Å². The first-order chi connectivity index (χ1) is 17.8. The van der Waals surface area contributed by atoms with Crippen molar-refractivity contribution in [1.82, 2.24) is 4.98 Å². The Labute approximate surface area is 233 Å². The number of hydrogen-bond donors (Lipinski definition) is 1. The van der Waals surface area contributed by atoms with Crippen LogP contribution in [0.25, 0.3) is 22.2 Å². The van der Waals surface area contributed by atoms with Gasteiger partial charge in [0.15, 0.2) is 0 Å². The van der Waals surface area contributed by atoms with Gasteiger partial charge in [0.25, 0.3) is 0 Å². The summed E-state index contributed by atoms with van der Waals surface area (Å²) in [5, 5.41) is 10.7. The van der Waals surface area contributed by atoms with Crippen LogP contribution in [-0.2, 0) is 21.1 Å². The van der Waals surface area contributed by atoms with Crippen LogP contribution in [0.15, 0.2) is 65.6 Å². The van der Waals surface area contributed by atoms with Gasteiger partial charge in [-0.15, -0.1) is 0 Å². The van der Waals surface area contributed by atoms with Crippen LogP contribution in [0.2, 0.25) is 9.73 Å². The summed E-state index contributed by atoms with van der Waals surface area (Å²) in [5.41, 5.74) is 7.27. The van der Waals surface area contributed by atoms with Crippen LogP contribution in [0.3, 0.4) is 0 Å². The second-order valence-electron chi connectivity index (χ2n) is 9.40. The standard InChI is InChI=1S/C29H26AsClNO5S/c1-16-11-17(2)27(18(3)12-16)26-10-6-20-13-19(5-9-25(20)32-26)14-23(29(34)35)30-28(33)22-8-7-21(15-24(22)31)38(4,36)37/h5-13,15,23H,14H2,1-4H3,(H,34,35). The van der Waals surface area contributed by atoms with E-state index in [9.17, 15) is 23.1 Å². The maximum atomic E-state index is 12.9. The Morgan fingerprint density at radius 1 is 0.974 bits per heavy atom. The predicted molar refractivity (Wildman–Crippen MR) is 151 cm³/mol. The van der Waals surface area contributed by atoms with Crippen LogP contribution < -0.4 is 0 Å². The minimum absolute atomic E-state index is 0.00371. The summed E-state index contributed by atoms with van der Waals surface area (Å²) in [7, 11) is -3.48. The fourth-order valence-corrected chi connectivity index (χ4v) is 7.83. The van der Waals surface area contributed by atoms with E-state index in [-0.39, 0.29) is 26.5 Å². The minimum atomic E-state index is -3.48. The van der Waals surface area contributed by atoms with Crippen molar-refractivity contribution in [2.75, 3.05) is 6.26 Å². The van der Waals surface area contributed by atoms with Crippen molar-refractivity contribution in [1.29, 1.82) is 0 Å². The SMILES string of the molecule is Cc1cc(C)c(-c2ccc3cc(CC([As]C(=O)c4ccc(S(C)(=O)=O)cc4Cl)C(=O)O)ccc3n2)c(C)c1. The first-order valence-corrected chi connectivity index (χ1v) is 16.1. The molecule has 0 spiro atoms. The molecule has 0 aliphatic carbocycles. The number of fused-ring (bicyclic) bond motifs is 1. The number of aromatic nitrogens is 1. The molecule has 4 rings (SSSR count). The number of rotatable bonds is 8. The number of sulfone groups is 1. The number of aliphatic carboxylic acids is 1. The zero-order valence-electron chi connectivity index (χ0n) is 21.3. The van der Waals surface area contributed by atoms with Crippen LogP contribution in [0.1, 0.15) is 32.6 Å². The van der Waals surface area contributed by atoms with Crippen LogP contribution in [-0.4, -0.2) is 51.1 Å². The summed E-state index contributed by atoms with van der Waals surface area (Å²) in [4.78, 5) is 29.8. The second kappa shape index (κ2) is 11.0. The molecule has 9 heteroatoms.